The normalized spacial score (nSPS) is 15.6. The first kappa shape index (κ1) is 22.0. The van der Waals surface area contributed by atoms with Crippen LogP contribution >= 0.6 is 11.3 Å². The van der Waals surface area contributed by atoms with E-state index < -0.39 is 10.0 Å². The van der Waals surface area contributed by atoms with Crippen molar-refractivity contribution in [2.45, 2.75) is 45.7 Å². The van der Waals surface area contributed by atoms with Gasteiger partial charge in [-0.25, -0.2) is 13.1 Å². The summed E-state index contributed by atoms with van der Waals surface area (Å²) < 4.78 is 28.7. The minimum atomic E-state index is -3.23. The van der Waals surface area contributed by atoms with Gasteiger partial charge in [0, 0.05) is 24.5 Å². The van der Waals surface area contributed by atoms with E-state index in [4.69, 9.17) is 0 Å². The fourth-order valence-corrected chi connectivity index (χ4v) is 6.55. The van der Waals surface area contributed by atoms with Crippen LogP contribution in [0.4, 0.5) is 0 Å². The third kappa shape index (κ3) is 4.99. The van der Waals surface area contributed by atoms with Crippen molar-refractivity contribution in [3.8, 4) is 0 Å². The number of carbonyl (C=O) groups excluding carboxylic acids is 1. The molecule has 31 heavy (non-hydrogen) atoms. The summed E-state index contributed by atoms with van der Waals surface area (Å²) in [5.41, 5.74) is 2.09. The maximum Gasteiger partial charge on any atom is 0.264 e. The Morgan fingerprint density at radius 2 is 1.94 bits per heavy atom. The van der Waals surface area contributed by atoms with Crippen molar-refractivity contribution in [2.75, 3.05) is 18.8 Å². The largest absolute Gasteiger partial charge is 0.338 e. The summed E-state index contributed by atoms with van der Waals surface area (Å²) in [5.74, 6) is 0.162. The molecule has 0 spiro atoms. The van der Waals surface area contributed by atoms with Crippen LogP contribution in [0.2, 0.25) is 0 Å². The topological polar surface area (TPSA) is 84.3 Å². The predicted molar refractivity (Wildman–Crippen MR) is 124 cm³/mol. The summed E-state index contributed by atoms with van der Waals surface area (Å²) in [4.78, 5) is 16.7. The maximum absolute atomic E-state index is 13.1. The van der Waals surface area contributed by atoms with Crippen molar-refractivity contribution >= 4 is 37.5 Å². The van der Waals surface area contributed by atoms with Crippen LogP contribution in [0, 0.1) is 6.92 Å². The van der Waals surface area contributed by atoms with E-state index in [9.17, 15) is 13.2 Å². The van der Waals surface area contributed by atoms with Crippen LogP contribution in [0.1, 0.15) is 47.1 Å². The number of hydrogen-bond donors (Lipinski definition) is 1. The summed E-state index contributed by atoms with van der Waals surface area (Å²) in [5, 5.41) is 5.67. The van der Waals surface area contributed by atoms with Gasteiger partial charge in [0.15, 0.2) is 0 Å². The van der Waals surface area contributed by atoms with E-state index in [2.05, 4.69) is 22.0 Å². The lowest BCUT2D eigenvalue weighted by atomic mass is 10.1. The molecule has 0 aliphatic carbocycles. The zero-order valence-corrected chi connectivity index (χ0v) is 19.5. The second-order valence-corrected chi connectivity index (χ2v) is 11.0. The van der Waals surface area contributed by atoms with Gasteiger partial charge in [-0.1, -0.05) is 37.3 Å². The number of nitrogens with one attached hydrogen (secondary N) is 1. The average molecular weight is 461 g/mol. The first-order valence-corrected chi connectivity index (χ1v) is 13.1. The SMILES string of the molecule is CCCS(=O)(=O)NC1CCN(C(=O)c2cc3c(C)nn(Cc4ccccc4)c3s2)CC1. The van der Waals surface area contributed by atoms with Gasteiger partial charge >= 0.3 is 0 Å². The van der Waals surface area contributed by atoms with Gasteiger partial charge < -0.3 is 4.90 Å². The van der Waals surface area contributed by atoms with E-state index in [0.717, 1.165) is 15.9 Å². The van der Waals surface area contributed by atoms with Crippen molar-refractivity contribution in [3.05, 3.63) is 52.5 Å². The van der Waals surface area contributed by atoms with Crippen molar-refractivity contribution in [1.82, 2.24) is 19.4 Å². The number of thiophene rings is 1. The lowest BCUT2D eigenvalue weighted by molar-refractivity contribution is 0.0716. The van der Waals surface area contributed by atoms with Crippen LogP contribution in [-0.2, 0) is 16.6 Å². The number of benzene rings is 1. The van der Waals surface area contributed by atoms with E-state index in [0.29, 0.717) is 43.8 Å². The predicted octanol–water partition coefficient (Wildman–Crippen LogP) is 3.39. The lowest BCUT2D eigenvalue weighted by Gasteiger charge is -2.32. The third-order valence-electron chi connectivity index (χ3n) is 5.59. The van der Waals surface area contributed by atoms with Gasteiger partial charge in [-0.05, 0) is 37.8 Å². The molecule has 0 saturated carbocycles. The van der Waals surface area contributed by atoms with Gasteiger partial charge in [0.1, 0.15) is 4.83 Å². The monoisotopic (exact) mass is 460 g/mol. The Morgan fingerprint density at radius 1 is 1.23 bits per heavy atom. The Balaban J connectivity index is 1.45. The highest BCUT2D eigenvalue weighted by molar-refractivity contribution is 7.89. The molecule has 1 amide bonds. The van der Waals surface area contributed by atoms with E-state index in [-0.39, 0.29) is 17.7 Å². The van der Waals surface area contributed by atoms with E-state index in [1.807, 2.05) is 47.7 Å². The minimum absolute atomic E-state index is 0.0155. The molecule has 3 aromatic rings. The van der Waals surface area contributed by atoms with Crippen molar-refractivity contribution < 1.29 is 13.2 Å². The molecule has 0 atom stereocenters. The van der Waals surface area contributed by atoms with Crippen LogP contribution < -0.4 is 4.72 Å². The molecule has 3 heterocycles. The first-order valence-electron chi connectivity index (χ1n) is 10.7. The Kier molecular flexibility index (Phi) is 6.45. The average Bonchev–Trinajstić information content (AvgIpc) is 3.30. The molecule has 0 radical (unpaired) electrons. The first-order chi connectivity index (χ1) is 14.9. The molecule has 1 saturated heterocycles. The summed E-state index contributed by atoms with van der Waals surface area (Å²) in [6, 6.07) is 12.0. The molecule has 1 aliphatic rings. The molecular weight excluding hydrogens is 432 g/mol. The quantitative estimate of drug-likeness (QED) is 0.586. The highest BCUT2D eigenvalue weighted by Crippen LogP contribution is 2.30. The molecular formula is C22H28N4O3S2. The van der Waals surface area contributed by atoms with Gasteiger partial charge in [-0.2, -0.15) is 5.10 Å². The molecule has 1 aliphatic heterocycles. The van der Waals surface area contributed by atoms with Crippen LogP contribution in [0.15, 0.2) is 36.4 Å². The van der Waals surface area contributed by atoms with Gasteiger partial charge in [0.05, 0.1) is 22.9 Å². The van der Waals surface area contributed by atoms with Gasteiger partial charge in [-0.15, -0.1) is 11.3 Å². The smallest absolute Gasteiger partial charge is 0.264 e. The highest BCUT2D eigenvalue weighted by atomic mass is 32.2. The Hall–Kier alpha value is -2.23. The summed E-state index contributed by atoms with van der Waals surface area (Å²) in [6.07, 6.45) is 1.88. The molecule has 7 nitrogen and oxygen atoms in total. The molecule has 0 unspecified atom stereocenters. The second kappa shape index (κ2) is 9.10. The number of fused-ring (bicyclic) bond motifs is 1. The maximum atomic E-state index is 13.1. The van der Waals surface area contributed by atoms with Gasteiger partial charge in [-0.3, -0.25) is 9.48 Å². The molecule has 2 aromatic heterocycles. The van der Waals surface area contributed by atoms with Crippen LogP contribution in [-0.4, -0.2) is 53.9 Å². The Bertz CT molecular complexity index is 1160. The number of hydrogen-bond acceptors (Lipinski definition) is 5. The molecule has 1 fully saturated rings. The number of piperidine rings is 1. The molecule has 4 rings (SSSR count). The summed E-state index contributed by atoms with van der Waals surface area (Å²) in [6.45, 7) is 5.61. The number of sulfonamides is 1. The zero-order chi connectivity index (χ0) is 22.0. The molecule has 166 valence electrons. The summed E-state index contributed by atoms with van der Waals surface area (Å²) >= 11 is 1.48. The highest BCUT2D eigenvalue weighted by Gasteiger charge is 2.27. The molecule has 1 aromatic carbocycles. The van der Waals surface area contributed by atoms with Crippen LogP contribution in [0.25, 0.3) is 10.2 Å². The Morgan fingerprint density at radius 3 is 2.61 bits per heavy atom. The van der Waals surface area contributed by atoms with E-state index in [1.165, 1.54) is 16.9 Å². The summed E-state index contributed by atoms with van der Waals surface area (Å²) in [7, 11) is -3.23. The minimum Gasteiger partial charge on any atom is -0.338 e. The van der Waals surface area contributed by atoms with E-state index in [1.54, 1.807) is 0 Å². The fraction of sp³-hybridized carbons (Fsp3) is 0.455. The number of aryl methyl sites for hydroxylation is 1. The number of rotatable bonds is 7. The number of likely N-dealkylation sites (tertiary alicyclic amines) is 1. The van der Waals surface area contributed by atoms with Crippen LogP contribution in [0.3, 0.4) is 0 Å². The van der Waals surface area contributed by atoms with Crippen molar-refractivity contribution in [2.24, 2.45) is 0 Å². The Labute approximate surface area is 187 Å². The number of aromatic nitrogens is 2. The molecule has 0 bridgehead atoms. The van der Waals surface area contributed by atoms with E-state index >= 15 is 0 Å². The van der Waals surface area contributed by atoms with Gasteiger partial charge in [0.2, 0.25) is 10.0 Å². The number of nitrogens with zero attached hydrogens (tertiary/aromatic N) is 3. The third-order valence-corrected chi connectivity index (χ3v) is 8.37. The zero-order valence-electron chi connectivity index (χ0n) is 17.9. The fourth-order valence-electron chi connectivity index (χ4n) is 4.02. The second-order valence-electron chi connectivity index (χ2n) is 8.06. The standard InChI is InChI=1S/C22H28N4O3S2/c1-3-13-31(28,29)24-18-9-11-25(12-10-18)21(27)20-14-19-16(2)23-26(22(19)30-20)15-17-7-5-4-6-8-17/h4-8,14,18,24H,3,9-13,15H2,1-2H3. The molecule has 9 heteroatoms. The van der Waals surface area contributed by atoms with Crippen LogP contribution in [0.5, 0.6) is 0 Å². The molecule has 1 N–H and O–H groups in total. The lowest BCUT2D eigenvalue weighted by Crippen LogP contribution is -2.46. The number of carbonyl (C=O) groups is 1. The number of amides is 1. The van der Waals surface area contributed by atoms with Crippen molar-refractivity contribution in [1.29, 1.82) is 0 Å². The van der Waals surface area contributed by atoms with Crippen molar-refractivity contribution in [3.63, 3.8) is 0 Å². The van der Waals surface area contributed by atoms with Gasteiger partial charge in [0.25, 0.3) is 5.91 Å².